The second-order valence-electron chi connectivity index (χ2n) is 2.81. The highest BCUT2D eigenvalue weighted by Gasteiger charge is 2.08. The molecule has 0 fully saturated rings. The van der Waals surface area contributed by atoms with Crippen molar-refractivity contribution in [1.29, 1.82) is 0 Å². The van der Waals surface area contributed by atoms with Crippen LogP contribution in [0, 0.1) is 11.6 Å². The smallest absolute Gasteiger partial charge is 0.260 e. The van der Waals surface area contributed by atoms with E-state index < -0.39 is 11.6 Å². The van der Waals surface area contributed by atoms with Crippen LogP contribution in [0.25, 0.3) is 11.3 Å². The van der Waals surface area contributed by atoms with Gasteiger partial charge in [0.25, 0.3) is 5.89 Å². The molecule has 0 amide bonds. The Morgan fingerprint density at radius 2 is 2.07 bits per heavy atom. The van der Waals surface area contributed by atoms with Crippen molar-refractivity contribution in [1.82, 2.24) is 4.98 Å². The average Bonchev–Trinajstić information content (AvgIpc) is 2.70. The molecule has 1 heterocycles. The minimum Gasteiger partial charge on any atom is -0.434 e. The van der Waals surface area contributed by atoms with Gasteiger partial charge in [-0.2, -0.15) is 0 Å². The van der Waals surface area contributed by atoms with Crippen molar-refractivity contribution in [3.63, 3.8) is 0 Å². The molecular weight excluding hydrogens is 204 g/mol. The average molecular weight is 209 g/mol. The van der Waals surface area contributed by atoms with Crippen LogP contribution in [-0.2, 0) is 0 Å². The van der Waals surface area contributed by atoms with Crippen LogP contribution in [0.3, 0.4) is 0 Å². The first kappa shape index (κ1) is 9.51. The third-order valence-corrected chi connectivity index (χ3v) is 1.83. The fourth-order valence-corrected chi connectivity index (χ4v) is 1.12. The molecule has 0 N–H and O–H groups in total. The van der Waals surface area contributed by atoms with E-state index in [0.29, 0.717) is 11.8 Å². The summed E-state index contributed by atoms with van der Waals surface area (Å²) in [5.74, 6) is -1.80. The van der Waals surface area contributed by atoms with Crippen LogP contribution in [0.2, 0.25) is 0 Å². The van der Waals surface area contributed by atoms with E-state index in [1.165, 1.54) is 12.3 Å². The highest BCUT2D eigenvalue weighted by atomic mass is 19.2. The second kappa shape index (κ2) is 3.61. The largest absolute Gasteiger partial charge is 0.434 e. The lowest BCUT2D eigenvalue weighted by Crippen LogP contribution is -1.83. The first-order chi connectivity index (χ1) is 7.20. The number of hydrogen-bond acceptors (Lipinski definition) is 3. The highest BCUT2D eigenvalue weighted by molar-refractivity contribution is 5.69. The lowest BCUT2D eigenvalue weighted by Gasteiger charge is -1.96. The molecule has 0 aliphatic heterocycles. The normalized spacial score (nSPS) is 10.3. The van der Waals surface area contributed by atoms with E-state index in [2.05, 4.69) is 4.98 Å². The van der Waals surface area contributed by atoms with Gasteiger partial charge in [0.05, 0.1) is 6.20 Å². The van der Waals surface area contributed by atoms with Crippen LogP contribution in [-0.4, -0.2) is 11.3 Å². The number of oxazole rings is 1. The predicted octanol–water partition coefficient (Wildman–Crippen LogP) is 2.43. The third kappa shape index (κ3) is 1.76. The van der Waals surface area contributed by atoms with E-state index in [0.717, 1.165) is 12.1 Å². The maximum absolute atomic E-state index is 12.8. The molecular formula is C10H5F2NO2. The minimum absolute atomic E-state index is 0.102. The molecule has 1 aromatic heterocycles. The molecule has 0 saturated heterocycles. The van der Waals surface area contributed by atoms with Crippen molar-refractivity contribution in [2.75, 3.05) is 0 Å². The number of benzene rings is 1. The van der Waals surface area contributed by atoms with Crippen LogP contribution in [0.5, 0.6) is 0 Å². The van der Waals surface area contributed by atoms with Gasteiger partial charge in [0.2, 0.25) is 6.29 Å². The number of aromatic nitrogens is 1. The van der Waals surface area contributed by atoms with Crippen LogP contribution in [0.4, 0.5) is 8.78 Å². The van der Waals surface area contributed by atoms with E-state index in [1.54, 1.807) is 0 Å². The van der Waals surface area contributed by atoms with Crippen LogP contribution < -0.4 is 0 Å². The summed E-state index contributed by atoms with van der Waals surface area (Å²) in [4.78, 5) is 13.9. The molecule has 2 aromatic rings. The Bertz CT molecular complexity index is 508. The zero-order valence-electron chi connectivity index (χ0n) is 7.41. The molecule has 0 bridgehead atoms. The number of nitrogens with zero attached hydrogens (tertiary/aromatic N) is 1. The topological polar surface area (TPSA) is 43.1 Å². The van der Waals surface area contributed by atoms with E-state index in [-0.39, 0.29) is 11.7 Å². The van der Waals surface area contributed by atoms with Crippen molar-refractivity contribution >= 4 is 6.29 Å². The lowest BCUT2D eigenvalue weighted by atomic mass is 10.2. The van der Waals surface area contributed by atoms with Crippen LogP contribution >= 0.6 is 0 Å². The molecule has 0 spiro atoms. The van der Waals surface area contributed by atoms with Crippen molar-refractivity contribution in [2.24, 2.45) is 0 Å². The van der Waals surface area contributed by atoms with Crippen molar-refractivity contribution in [3.05, 3.63) is 41.9 Å². The minimum atomic E-state index is -0.975. The van der Waals surface area contributed by atoms with Gasteiger partial charge in [0, 0.05) is 5.56 Å². The van der Waals surface area contributed by atoms with Gasteiger partial charge in [-0.25, -0.2) is 13.8 Å². The zero-order chi connectivity index (χ0) is 10.8. The number of halogens is 2. The highest BCUT2D eigenvalue weighted by Crippen LogP contribution is 2.21. The van der Waals surface area contributed by atoms with E-state index >= 15 is 0 Å². The van der Waals surface area contributed by atoms with E-state index in [4.69, 9.17) is 4.42 Å². The number of hydrogen-bond donors (Lipinski definition) is 0. The summed E-state index contributed by atoms with van der Waals surface area (Å²) in [6, 6.07) is 3.30. The Balaban J connectivity index is 2.44. The Morgan fingerprint density at radius 3 is 2.67 bits per heavy atom. The van der Waals surface area contributed by atoms with Gasteiger partial charge in [-0.3, -0.25) is 4.79 Å². The Hall–Kier alpha value is -2.04. The summed E-state index contributed by atoms with van der Waals surface area (Å²) in [6.45, 7) is 0. The van der Waals surface area contributed by atoms with E-state index in [1.807, 2.05) is 0 Å². The summed E-state index contributed by atoms with van der Waals surface area (Å²) in [5, 5.41) is 0. The second-order valence-corrected chi connectivity index (χ2v) is 2.81. The molecule has 0 aliphatic rings. The quantitative estimate of drug-likeness (QED) is 0.713. The molecule has 15 heavy (non-hydrogen) atoms. The Labute approximate surface area is 83.4 Å². The molecule has 1 aromatic carbocycles. The van der Waals surface area contributed by atoms with Gasteiger partial charge in [0.1, 0.15) is 0 Å². The number of aldehydes is 1. The standard InChI is InChI=1S/C10H5F2NO2/c11-7-2-1-6(3-8(7)12)9-4-13-10(5-14)15-9/h1-5H. The molecule has 2 rings (SSSR count). The SMILES string of the molecule is O=Cc1ncc(-c2ccc(F)c(F)c2)o1. The van der Waals surface area contributed by atoms with E-state index in [9.17, 15) is 13.6 Å². The third-order valence-electron chi connectivity index (χ3n) is 1.83. The molecule has 0 unspecified atom stereocenters. The maximum atomic E-state index is 12.8. The van der Waals surface area contributed by atoms with Crippen LogP contribution in [0.1, 0.15) is 10.7 Å². The molecule has 3 nitrogen and oxygen atoms in total. The number of carbonyl (C=O) groups is 1. The van der Waals surface area contributed by atoms with Gasteiger partial charge in [-0.05, 0) is 18.2 Å². The van der Waals surface area contributed by atoms with Gasteiger partial charge < -0.3 is 4.42 Å². The van der Waals surface area contributed by atoms with Gasteiger partial charge in [-0.1, -0.05) is 0 Å². The zero-order valence-corrected chi connectivity index (χ0v) is 7.41. The molecule has 0 atom stereocenters. The summed E-state index contributed by atoms with van der Waals surface area (Å²) in [7, 11) is 0. The van der Waals surface area contributed by atoms with Crippen molar-refractivity contribution in [3.8, 4) is 11.3 Å². The first-order valence-electron chi connectivity index (χ1n) is 4.07. The molecule has 0 aliphatic carbocycles. The molecule has 0 saturated carbocycles. The summed E-state index contributed by atoms with van der Waals surface area (Å²) >= 11 is 0. The van der Waals surface area contributed by atoms with Crippen molar-refractivity contribution < 1.29 is 18.0 Å². The first-order valence-corrected chi connectivity index (χ1v) is 4.07. The number of rotatable bonds is 2. The summed E-state index contributed by atoms with van der Waals surface area (Å²) in [5.41, 5.74) is 0.328. The number of carbonyl (C=O) groups excluding carboxylic acids is 1. The fraction of sp³-hybridized carbons (Fsp3) is 0. The summed E-state index contributed by atoms with van der Waals surface area (Å²) < 4.78 is 30.4. The van der Waals surface area contributed by atoms with Gasteiger partial charge in [-0.15, -0.1) is 0 Å². The molecule has 76 valence electrons. The van der Waals surface area contributed by atoms with Crippen LogP contribution in [0.15, 0.2) is 28.8 Å². The maximum Gasteiger partial charge on any atom is 0.260 e. The fourth-order valence-electron chi connectivity index (χ4n) is 1.12. The lowest BCUT2D eigenvalue weighted by molar-refractivity contribution is 0.109. The van der Waals surface area contributed by atoms with Crippen molar-refractivity contribution in [2.45, 2.75) is 0 Å². The molecule has 5 heteroatoms. The summed E-state index contributed by atoms with van der Waals surface area (Å²) in [6.07, 6.45) is 1.71. The molecule has 0 radical (unpaired) electrons. The van der Waals surface area contributed by atoms with Gasteiger partial charge in [0.15, 0.2) is 17.4 Å². The van der Waals surface area contributed by atoms with Gasteiger partial charge >= 0.3 is 0 Å². The Morgan fingerprint density at radius 1 is 1.27 bits per heavy atom. The monoisotopic (exact) mass is 209 g/mol. The predicted molar refractivity (Wildman–Crippen MR) is 47.2 cm³/mol. The Kier molecular flexibility index (Phi) is 2.29.